The summed E-state index contributed by atoms with van der Waals surface area (Å²) in [5, 5.41) is 0. The fraction of sp³-hybridized carbons (Fsp3) is 1.00. The first-order valence-electron chi connectivity index (χ1n) is 4.98. The van der Waals surface area contributed by atoms with Gasteiger partial charge >= 0.3 is 0 Å². The van der Waals surface area contributed by atoms with Gasteiger partial charge in [0.15, 0.2) is 0 Å². The Labute approximate surface area is 70.8 Å². The Morgan fingerprint density at radius 2 is 1.82 bits per heavy atom. The molecule has 0 unspecified atom stereocenters. The zero-order valence-electron chi connectivity index (χ0n) is 8.19. The molecule has 0 atom stereocenters. The van der Waals surface area contributed by atoms with Crippen molar-refractivity contribution < 1.29 is 0 Å². The lowest BCUT2D eigenvalue weighted by molar-refractivity contribution is 0.246. The summed E-state index contributed by atoms with van der Waals surface area (Å²) in [4.78, 5) is 2.58. The van der Waals surface area contributed by atoms with Crippen LogP contribution < -0.4 is 0 Å². The predicted molar refractivity (Wildman–Crippen MR) is 49.7 cm³/mol. The number of nitrogens with zero attached hydrogens (tertiary/aromatic N) is 1. The maximum atomic E-state index is 2.58. The zero-order valence-corrected chi connectivity index (χ0v) is 8.19. The Morgan fingerprint density at radius 1 is 1.18 bits per heavy atom. The van der Waals surface area contributed by atoms with Crippen molar-refractivity contribution in [3.63, 3.8) is 0 Å². The topological polar surface area (TPSA) is 3.24 Å². The van der Waals surface area contributed by atoms with E-state index in [0.29, 0.717) is 5.41 Å². The number of likely N-dealkylation sites (tertiary alicyclic amines) is 1. The summed E-state index contributed by atoms with van der Waals surface area (Å²) >= 11 is 0. The maximum absolute atomic E-state index is 2.58. The molecule has 0 N–H and O–H groups in total. The molecule has 1 nitrogen and oxygen atoms in total. The van der Waals surface area contributed by atoms with Crippen LogP contribution >= 0.6 is 0 Å². The molecule has 0 aromatic rings. The molecule has 1 aliphatic rings. The van der Waals surface area contributed by atoms with Gasteiger partial charge in [-0.05, 0) is 37.8 Å². The van der Waals surface area contributed by atoms with Crippen LogP contribution in [0.5, 0.6) is 0 Å². The van der Waals surface area contributed by atoms with E-state index in [-0.39, 0.29) is 0 Å². The van der Waals surface area contributed by atoms with Gasteiger partial charge in [0, 0.05) is 6.54 Å². The van der Waals surface area contributed by atoms with E-state index in [1.54, 1.807) is 0 Å². The van der Waals surface area contributed by atoms with Crippen molar-refractivity contribution >= 4 is 0 Å². The van der Waals surface area contributed by atoms with Crippen LogP contribution in [-0.4, -0.2) is 24.5 Å². The summed E-state index contributed by atoms with van der Waals surface area (Å²) in [6.45, 7) is 10.9. The van der Waals surface area contributed by atoms with Gasteiger partial charge in [0.05, 0.1) is 0 Å². The first-order valence-corrected chi connectivity index (χ1v) is 4.98. The molecule has 0 spiro atoms. The predicted octanol–water partition coefficient (Wildman–Crippen LogP) is 2.52. The van der Waals surface area contributed by atoms with Crippen molar-refractivity contribution in [2.24, 2.45) is 5.41 Å². The molecule has 0 aliphatic carbocycles. The standard InChI is InChI=1S/C10H21N/c1-4-10(5-2)7-8-11(6-3)9-10/h4-9H2,1-3H3. The van der Waals surface area contributed by atoms with Crippen molar-refractivity contribution in [3.8, 4) is 0 Å². The molecule has 11 heavy (non-hydrogen) atoms. The van der Waals surface area contributed by atoms with E-state index in [2.05, 4.69) is 25.7 Å². The van der Waals surface area contributed by atoms with Gasteiger partial charge in [-0.25, -0.2) is 0 Å². The highest BCUT2D eigenvalue weighted by Gasteiger charge is 2.33. The van der Waals surface area contributed by atoms with E-state index in [1.807, 2.05) is 0 Å². The molecule has 1 rings (SSSR count). The maximum Gasteiger partial charge on any atom is 0.00381 e. The van der Waals surface area contributed by atoms with Crippen molar-refractivity contribution in [2.75, 3.05) is 19.6 Å². The van der Waals surface area contributed by atoms with Gasteiger partial charge in [0.2, 0.25) is 0 Å². The molecule has 1 aliphatic heterocycles. The minimum atomic E-state index is 0.677. The van der Waals surface area contributed by atoms with Crippen LogP contribution in [0.25, 0.3) is 0 Å². The molecule has 0 aromatic heterocycles. The quantitative estimate of drug-likeness (QED) is 0.605. The summed E-state index contributed by atoms with van der Waals surface area (Å²) in [6, 6.07) is 0. The Hall–Kier alpha value is -0.0400. The molecule has 0 radical (unpaired) electrons. The molecule has 1 heteroatoms. The second kappa shape index (κ2) is 3.57. The van der Waals surface area contributed by atoms with Crippen LogP contribution in [0, 0.1) is 5.41 Å². The van der Waals surface area contributed by atoms with Crippen LogP contribution in [0.15, 0.2) is 0 Å². The van der Waals surface area contributed by atoms with Gasteiger partial charge < -0.3 is 4.90 Å². The van der Waals surface area contributed by atoms with E-state index >= 15 is 0 Å². The number of hydrogen-bond donors (Lipinski definition) is 0. The summed E-state index contributed by atoms with van der Waals surface area (Å²) < 4.78 is 0. The van der Waals surface area contributed by atoms with Crippen LogP contribution in [0.2, 0.25) is 0 Å². The molecule has 0 amide bonds. The lowest BCUT2D eigenvalue weighted by Gasteiger charge is -2.26. The molecule has 1 saturated heterocycles. The van der Waals surface area contributed by atoms with Crippen molar-refractivity contribution in [2.45, 2.75) is 40.0 Å². The van der Waals surface area contributed by atoms with Crippen molar-refractivity contribution in [1.29, 1.82) is 0 Å². The third-order valence-corrected chi connectivity index (χ3v) is 3.46. The molecule has 1 fully saturated rings. The normalized spacial score (nSPS) is 24.3. The first-order chi connectivity index (χ1) is 5.26. The largest absolute Gasteiger partial charge is 0.303 e. The molecule has 0 aromatic carbocycles. The minimum Gasteiger partial charge on any atom is -0.303 e. The lowest BCUT2D eigenvalue weighted by Crippen LogP contribution is -2.25. The number of rotatable bonds is 3. The van der Waals surface area contributed by atoms with E-state index in [9.17, 15) is 0 Å². The summed E-state index contributed by atoms with van der Waals surface area (Å²) in [7, 11) is 0. The zero-order chi connectivity index (χ0) is 8.32. The average Bonchev–Trinajstić information content (AvgIpc) is 2.49. The van der Waals surface area contributed by atoms with Gasteiger partial charge in [-0.1, -0.05) is 20.8 Å². The van der Waals surface area contributed by atoms with Crippen LogP contribution in [-0.2, 0) is 0 Å². The van der Waals surface area contributed by atoms with E-state index in [4.69, 9.17) is 0 Å². The van der Waals surface area contributed by atoms with Crippen LogP contribution in [0.1, 0.15) is 40.0 Å². The second-order valence-corrected chi connectivity index (χ2v) is 3.83. The Bertz CT molecular complexity index is 116. The Morgan fingerprint density at radius 3 is 2.09 bits per heavy atom. The number of hydrogen-bond acceptors (Lipinski definition) is 1. The fourth-order valence-electron chi connectivity index (χ4n) is 2.12. The van der Waals surface area contributed by atoms with Crippen molar-refractivity contribution in [1.82, 2.24) is 4.90 Å². The highest BCUT2D eigenvalue weighted by Crippen LogP contribution is 2.36. The third kappa shape index (κ3) is 1.76. The molecule has 0 saturated carbocycles. The average molecular weight is 155 g/mol. The Kier molecular flexibility index (Phi) is 2.94. The van der Waals surface area contributed by atoms with Crippen molar-refractivity contribution in [3.05, 3.63) is 0 Å². The molecule has 66 valence electrons. The fourth-order valence-corrected chi connectivity index (χ4v) is 2.12. The summed E-state index contributed by atoms with van der Waals surface area (Å²) in [6.07, 6.45) is 4.15. The van der Waals surface area contributed by atoms with E-state index < -0.39 is 0 Å². The molecular formula is C10H21N. The summed E-state index contributed by atoms with van der Waals surface area (Å²) in [5.41, 5.74) is 0.677. The monoisotopic (exact) mass is 155 g/mol. The van der Waals surface area contributed by atoms with Crippen LogP contribution in [0.4, 0.5) is 0 Å². The van der Waals surface area contributed by atoms with E-state index in [0.717, 1.165) is 0 Å². The smallest absolute Gasteiger partial charge is 0.00381 e. The van der Waals surface area contributed by atoms with Gasteiger partial charge in [0.1, 0.15) is 0 Å². The third-order valence-electron chi connectivity index (χ3n) is 3.46. The molecular weight excluding hydrogens is 134 g/mol. The summed E-state index contributed by atoms with van der Waals surface area (Å²) in [5.74, 6) is 0. The highest BCUT2D eigenvalue weighted by molar-refractivity contribution is 4.87. The Balaban J connectivity index is 2.48. The van der Waals surface area contributed by atoms with E-state index in [1.165, 1.54) is 38.9 Å². The molecule has 0 bridgehead atoms. The highest BCUT2D eigenvalue weighted by atomic mass is 15.1. The minimum absolute atomic E-state index is 0.677. The van der Waals surface area contributed by atoms with Crippen LogP contribution in [0.3, 0.4) is 0 Å². The van der Waals surface area contributed by atoms with Gasteiger partial charge in [0.25, 0.3) is 0 Å². The SMILES string of the molecule is CCN1CCC(CC)(CC)C1. The van der Waals surface area contributed by atoms with Gasteiger partial charge in [-0.15, -0.1) is 0 Å². The van der Waals surface area contributed by atoms with Gasteiger partial charge in [-0.2, -0.15) is 0 Å². The molecule has 1 heterocycles. The second-order valence-electron chi connectivity index (χ2n) is 3.83. The first kappa shape index (κ1) is 9.05. The lowest BCUT2D eigenvalue weighted by atomic mass is 9.82. The van der Waals surface area contributed by atoms with Gasteiger partial charge in [-0.3, -0.25) is 0 Å².